The third-order valence-corrected chi connectivity index (χ3v) is 3.94. The molecule has 0 heterocycles. The Morgan fingerprint density at radius 1 is 1.35 bits per heavy atom. The summed E-state index contributed by atoms with van der Waals surface area (Å²) in [4.78, 5) is 12.3. The van der Waals surface area contributed by atoms with Crippen molar-refractivity contribution >= 4 is 17.5 Å². The maximum absolute atomic E-state index is 12.3. The fourth-order valence-electron chi connectivity index (χ4n) is 2.56. The number of amides is 1. The van der Waals surface area contributed by atoms with Crippen molar-refractivity contribution in [2.24, 2.45) is 0 Å². The third-order valence-electron chi connectivity index (χ3n) is 3.70. The van der Waals surface area contributed by atoms with Crippen molar-refractivity contribution in [3.8, 4) is 5.75 Å². The lowest BCUT2D eigenvalue weighted by Crippen LogP contribution is -2.42. The van der Waals surface area contributed by atoms with Crippen molar-refractivity contribution in [1.29, 1.82) is 0 Å². The summed E-state index contributed by atoms with van der Waals surface area (Å²) < 4.78 is 5.18. The van der Waals surface area contributed by atoms with Gasteiger partial charge in [0.2, 0.25) is 0 Å². The Morgan fingerprint density at radius 2 is 2.10 bits per heavy atom. The highest BCUT2D eigenvalue weighted by molar-refractivity contribution is 6.31. The first-order chi connectivity index (χ1) is 9.61. The zero-order valence-corrected chi connectivity index (χ0v) is 12.3. The van der Waals surface area contributed by atoms with Gasteiger partial charge in [-0.15, -0.1) is 0 Å². The van der Waals surface area contributed by atoms with Crippen LogP contribution >= 0.6 is 11.6 Å². The number of aliphatic hydroxyl groups excluding tert-OH is 1. The van der Waals surface area contributed by atoms with Crippen LogP contribution in [0.15, 0.2) is 18.2 Å². The highest BCUT2D eigenvalue weighted by atomic mass is 35.5. The van der Waals surface area contributed by atoms with Gasteiger partial charge >= 0.3 is 0 Å². The van der Waals surface area contributed by atoms with E-state index in [0.29, 0.717) is 16.3 Å². The molecule has 0 aliphatic heterocycles. The number of methoxy groups -OCH3 is 1. The zero-order valence-electron chi connectivity index (χ0n) is 11.6. The number of ether oxygens (including phenoxy) is 1. The van der Waals surface area contributed by atoms with Crippen molar-refractivity contribution in [3.63, 3.8) is 0 Å². The molecule has 1 amide bonds. The van der Waals surface area contributed by atoms with Crippen LogP contribution in [-0.4, -0.2) is 30.3 Å². The number of carbonyl (C=O) groups is 1. The number of hydrogen-bond acceptors (Lipinski definition) is 3. The van der Waals surface area contributed by atoms with Crippen LogP contribution in [0.5, 0.6) is 5.75 Å². The Morgan fingerprint density at radius 3 is 2.85 bits per heavy atom. The predicted octanol–water partition coefficient (Wildman–Crippen LogP) is 2.77. The molecule has 1 fully saturated rings. The molecule has 1 aromatic carbocycles. The van der Waals surface area contributed by atoms with Gasteiger partial charge in [-0.2, -0.15) is 0 Å². The van der Waals surface area contributed by atoms with Gasteiger partial charge in [0.15, 0.2) is 0 Å². The van der Waals surface area contributed by atoms with Crippen molar-refractivity contribution in [3.05, 3.63) is 28.8 Å². The molecule has 1 aromatic rings. The maximum Gasteiger partial charge on any atom is 0.255 e. The second-order valence-corrected chi connectivity index (χ2v) is 5.57. The summed E-state index contributed by atoms with van der Waals surface area (Å²) in [5.41, 5.74) is 0.399. The third kappa shape index (κ3) is 3.64. The van der Waals surface area contributed by atoms with E-state index in [4.69, 9.17) is 16.3 Å². The lowest BCUT2D eigenvalue weighted by Gasteiger charge is -2.22. The van der Waals surface area contributed by atoms with E-state index in [0.717, 1.165) is 32.1 Å². The quantitative estimate of drug-likeness (QED) is 0.844. The van der Waals surface area contributed by atoms with Gasteiger partial charge in [-0.3, -0.25) is 4.79 Å². The summed E-state index contributed by atoms with van der Waals surface area (Å²) >= 11 is 5.93. The fraction of sp³-hybridized carbons (Fsp3) is 0.533. The molecule has 0 aromatic heterocycles. The molecule has 1 saturated carbocycles. The van der Waals surface area contributed by atoms with Gasteiger partial charge in [0, 0.05) is 5.02 Å². The maximum atomic E-state index is 12.3. The molecule has 2 N–H and O–H groups in total. The minimum Gasteiger partial charge on any atom is -0.496 e. The van der Waals surface area contributed by atoms with E-state index in [-0.39, 0.29) is 11.9 Å². The zero-order chi connectivity index (χ0) is 14.5. The molecule has 0 saturated heterocycles. The van der Waals surface area contributed by atoms with Crippen LogP contribution in [0.1, 0.15) is 42.5 Å². The molecule has 0 bridgehead atoms. The monoisotopic (exact) mass is 297 g/mol. The Labute approximate surface area is 124 Å². The second-order valence-electron chi connectivity index (χ2n) is 5.13. The average molecular weight is 298 g/mol. The van der Waals surface area contributed by atoms with Crippen LogP contribution in [0.25, 0.3) is 0 Å². The van der Waals surface area contributed by atoms with E-state index in [2.05, 4.69) is 5.32 Å². The SMILES string of the molecule is COc1ccc(Cl)cc1C(=O)NC1CCCCCC1O. The topological polar surface area (TPSA) is 58.6 Å². The number of aliphatic hydroxyl groups is 1. The summed E-state index contributed by atoms with van der Waals surface area (Å²) in [6, 6.07) is 4.73. The van der Waals surface area contributed by atoms with Crippen molar-refractivity contribution in [2.75, 3.05) is 7.11 Å². The normalized spacial score (nSPS) is 22.9. The van der Waals surface area contributed by atoms with Gasteiger partial charge in [0.05, 0.1) is 24.8 Å². The molecular weight excluding hydrogens is 278 g/mol. The van der Waals surface area contributed by atoms with Crippen LogP contribution in [0.2, 0.25) is 5.02 Å². The first-order valence-corrected chi connectivity index (χ1v) is 7.32. The number of carbonyl (C=O) groups excluding carboxylic acids is 1. The summed E-state index contributed by atoms with van der Waals surface area (Å²) in [5.74, 6) is 0.227. The molecule has 1 aliphatic carbocycles. The summed E-state index contributed by atoms with van der Waals surface area (Å²) in [6.07, 6.45) is 4.19. The van der Waals surface area contributed by atoms with E-state index in [9.17, 15) is 9.90 Å². The number of nitrogens with one attached hydrogen (secondary N) is 1. The van der Waals surface area contributed by atoms with Gasteiger partial charge in [0.25, 0.3) is 5.91 Å². The fourth-order valence-corrected chi connectivity index (χ4v) is 2.73. The number of hydrogen-bond donors (Lipinski definition) is 2. The lowest BCUT2D eigenvalue weighted by molar-refractivity contribution is 0.0816. The molecule has 2 atom stereocenters. The predicted molar refractivity (Wildman–Crippen MR) is 78.4 cm³/mol. The molecule has 4 nitrogen and oxygen atoms in total. The Balaban J connectivity index is 2.12. The second kappa shape index (κ2) is 6.95. The van der Waals surface area contributed by atoms with Crippen LogP contribution in [0.4, 0.5) is 0 Å². The lowest BCUT2D eigenvalue weighted by atomic mass is 10.1. The van der Waals surface area contributed by atoms with Crippen LogP contribution in [-0.2, 0) is 0 Å². The van der Waals surface area contributed by atoms with E-state index < -0.39 is 6.10 Å². The summed E-state index contributed by atoms with van der Waals surface area (Å²) in [7, 11) is 1.51. The summed E-state index contributed by atoms with van der Waals surface area (Å²) in [6.45, 7) is 0. The van der Waals surface area contributed by atoms with Gasteiger partial charge in [-0.25, -0.2) is 0 Å². The Hall–Kier alpha value is -1.26. The molecular formula is C15H20ClNO3. The Kier molecular flexibility index (Phi) is 5.26. The van der Waals surface area contributed by atoms with Crippen LogP contribution < -0.4 is 10.1 Å². The molecule has 110 valence electrons. The van der Waals surface area contributed by atoms with E-state index in [1.54, 1.807) is 18.2 Å². The van der Waals surface area contributed by atoms with E-state index in [1.165, 1.54) is 7.11 Å². The van der Waals surface area contributed by atoms with Gasteiger partial charge < -0.3 is 15.2 Å². The minimum atomic E-state index is -0.480. The van der Waals surface area contributed by atoms with E-state index >= 15 is 0 Å². The summed E-state index contributed by atoms with van der Waals surface area (Å²) in [5, 5.41) is 13.4. The van der Waals surface area contributed by atoms with Gasteiger partial charge in [0.1, 0.15) is 5.75 Å². The molecule has 20 heavy (non-hydrogen) atoms. The van der Waals surface area contributed by atoms with Crippen LogP contribution in [0.3, 0.4) is 0 Å². The molecule has 0 spiro atoms. The average Bonchev–Trinajstić information content (AvgIpc) is 2.64. The first-order valence-electron chi connectivity index (χ1n) is 6.94. The number of benzene rings is 1. The molecule has 5 heteroatoms. The molecule has 2 rings (SSSR count). The molecule has 1 aliphatic rings. The Bertz CT molecular complexity index is 478. The van der Waals surface area contributed by atoms with Crippen molar-refractivity contribution in [1.82, 2.24) is 5.32 Å². The van der Waals surface area contributed by atoms with Crippen molar-refractivity contribution in [2.45, 2.75) is 44.2 Å². The van der Waals surface area contributed by atoms with Gasteiger partial charge in [-0.1, -0.05) is 30.9 Å². The minimum absolute atomic E-state index is 0.200. The highest BCUT2D eigenvalue weighted by Gasteiger charge is 2.24. The first kappa shape index (κ1) is 15.1. The van der Waals surface area contributed by atoms with Crippen LogP contribution in [0, 0.1) is 0 Å². The largest absolute Gasteiger partial charge is 0.496 e. The van der Waals surface area contributed by atoms with Gasteiger partial charge in [-0.05, 0) is 31.0 Å². The van der Waals surface area contributed by atoms with E-state index in [1.807, 2.05) is 0 Å². The smallest absolute Gasteiger partial charge is 0.255 e. The standard InChI is InChI=1S/C15H20ClNO3/c1-20-14-8-7-10(16)9-11(14)15(19)17-12-5-3-2-4-6-13(12)18/h7-9,12-13,18H,2-6H2,1H3,(H,17,19). The van der Waals surface area contributed by atoms with Crippen molar-refractivity contribution < 1.29 is 14.6 Å². The molecule has 0 radical (unpaired) electrons. The number of rotatable bonds is 3. The number of halogens is 1. The highest BCUT2D eigenvalue weighted by Crippen LogP contribution is 2.24. The molecule has 2 unspecified atom stereocenters.